The van der Waals surface area contributed by atoms with Crippen LogP contribution in [0.5, 0.6) is 0 Å². The molecule has 1 heterocycles. The zero-order valence-electron chi connectivity index (χ0n) is 8.64. The average molecular weight is 191 g/mol. The lowest BCUT2D eigenvalue weighted by molar-refractivity contribution is 0.571. The van der Waals surface area contributed by atoms with Gasteiger partial charge in [0.15, 0.2) is 0 Å². The molecule has 0 unspecified atom stereocenters. The lowest BCUT2D eigenvalue weighted by Gasteiger charge is -2.13. The van der Waals surface area contributed by atoms with Crippen molar-refractivity contribution in [2.24, 2.45) is 5.92 Å². The van der Waals surface area contributed by atoms with Gasteiger partial charge in [0.25, 0.3) is 0 Å². The van der Waals surface area contributed by atoms with E-state index >= 15 is 0 Å². The smallest absolute Gasteiger partial charge is 0.148 e. The van der Waals surface area contributed by atoms with E-state index in [2.05, 4.69) is 17.1 Å². The summed E-state index contributed by atoms with van der Waals surface area (Å²) in [6, 6.07) is 0. The number of nitrogen functional groups attached to an aromatic ring is 1. The molecule has 2 aliphatic carbocycles. The van der Waals surface area contributed by atoms with E-state index in [-0.39, 0.29) is 0 Å². The largest absolute Gasteiger partial charge is 0.382 e. The van der Waals surface area contributed by atoms with Crippen molar-refractivity contribution in [2.75, 3.05) is 5.73 Å². The molecule has 3 rings (SSSR count). The molecule has 2 saturated carbocycles. The maximum atomic E-state index is 5.85. The Kier molecular flexibility index (Phi) is 1.50. The molecule has 1 aromatic rings. The third kappa shape index (κ3) is 0.954. The summed E-state index contributed by atoms with van der Waals surface area (Å²) in [5.74, 6) is 1.64. The van der Waals surface area contributed by atoms with Crippen molar-refractivity contribution >= 4 is 5.82 Å². The molecule has 0 aromatic carbocycles. The topological polar surface area (TPSA) is 54.7 Å². The second-order valence-corrected chi connectivity index (χ2v) is 4.75. The number of aromatic amines is 1. The minimum atomic E-state index is 0.468. The van der Waals surface area contributed by atoms with Gasteiger partial charge in [0.05, 0.1) is 0 Å². The highest BCUT2D eigenvalue weighted by atomic mass is 15.2. The second kappa shape index (κ2) is 2.53. The molecule has 0 aliphatic heterocycles. The SMILES string of the molecule is CCc1c(N)n[nH]c1C1(C2CC2)CC1. The van der Waals surface area contributed by atoms with E-state index in [1.807, 2.05) is 0 Å². The Morgan fingerprint density at radius 2 is 2.21 bits per heavy atom. The van der Waals surface area contributed by atoms with Crippen LogP contribution in [0.3, 0.4) is 0 Å². The van der Waals surface area contributed by atoms with E-state index in [0.29, 0.717) is 5.41 Å². The Bertz CT molecular complexity index is 359. The first-order chi connectivity index (χ1) is 6.78. The van der Waals surface area contributed by atoms with Crippen LogP contribution in [0.4, 0.5) is 5.82 Å². The third-order valence-electron chi connectivity index (χ3n) is 3.90. The van der Waals surface area contributed by atoms with Crippen LogP contribution in [0.2, 0.25) is 0 Å². The fourth-order valence-corrected chi connectivity index (χ4v) is 2.78. The number of rotatable bonds is 3. The maximum Gasteiger partial charge on any atom is 0.148 e. The van der Waals surface area contributed by atoms with Gasteiger partial charge < -0.3 is 5.73 Å². The van der Waals surface area contributed by atoms with Gasteiger partial charge in [0, 0.05) is 16.7 Å². The van der Waals surface area contributed by atoms with Gasteiger partial charge in [-0.2, -0.15) is 5.10 Å². The normalized spacial score (nSPS) is 23.8. The molecule has 3 heteroatoms. The number of hydrogen-bond donors (Lipinski definition) is 2. The summed E-state index contributed by atoms with van der Waals surface area (Å²) < 4.78 is 0. The minimum Gasteiger partial charge on any atom is -0.382 e. The van der Waals surface area contributed by atoms with Crippen LogP contribution in [-0.4, -0.2) is 10.2 Å². The van der Waals surface area contributed by atoms with E-state index in [4.69, 9.17) is 5.73 Å². The van der Waals surface area contributed by atoms with Gasteiger partial charge in [-0.3, -0.25) is 5.10 Å². The lowest BCUT2D eigenvalue weighted by Crippen LogP contribution is -2.12. The molecule has 1 aromatic heterocycles. The van der Waals surface area contributed by atoms with Crippen LogP contribution in [0.15, 0.2) is 0 Å². The third-order valence-corrected chi connectivity index (χ3v) is 3.90. The molecule has 76 valence electrons. The van der Waals surface area contributed by atoms with Gasteiger partial charge in [-0.1, -0.05) is 6.92 Å². The second-order valence-electron chi connectivity index (χ2n) is 4.75. The van der Waals surface area contributed by atoms with Crippen LogP contribution >= 0.6 is 0 Å². The van der Waals surface area contributed by atoms with E-state index in [1.165, 1.54) is 36.9 Å². The van der Waals surface area contributed by atoms with Crippen molar-refractivity contribution < 1.29 is 0 Å². The number of nitrogens with two attached hydrogens (primary N) is 1. The molecule has 0 saturated heterocycles. The predicted octanol–water partition coefficient (Wildman–Crippen LogP) is 2.00. The fraction of sp³-hybridized carbons (Fsp3) is 0.727. The zero-order chi connectivity index (χ0) is 9.76. The minimum absolute atomic E-state index is 0.468. The fourth-order valence-electron chi connectivity index (χ4n) is 2.78. The van der Waals surface area contributed by atoms with Crippen LogP contribution in [-0.2, 0) is 11.8 Å². The molecule has 0 spiro atoms. The molecule has 2 aliphatic rings. The van der Waals surface area contributed by atoms with Crippen molar-refractivity contribution in [3.63, 3.8) is 0 Å². The molecule has 14 heavy (non-hydrogen) atoms. The molecule has 3 N–H and O–H groups in total. The Balaban J connectivity index is 2.02. The number of H-pyrrole nitrogens is 1. The van der Waals surface area contributed by atoms with Crippen LogP contribution < -0.4 is 5.73 Å². The number of nitrogens with zero attached hydrogens (tertiary/aromatic N) is 1. The summed E-state index contributed by atoms with van der Waals surface area (Å²) in [6.07, 6.45) is 6.49. The molecule has 0 amide bonds. The standard InChI is InChI=1S/C11H17N3/c1-2-8-9(13-14-10(8)12)11(5-6-11)7-3-4-7/h7H,2-6H2,1H3,(H3,12,13,14). The lowest BCUT2D eigenvalue weighted by atomic mass is 9.92. The summed E-state index contributed by atoms with van der Waals surface area (Å²) in [5, 5.41) is 7.33. The molecular weight excluding hydrogens is 174 g/mol. The number of anilines is 1. The molecule has 0 radical (unpaired) electrons. The van der Waals surface area contributed by atoms with Gasteiger partial charge >= 0.3 is 0 Å². The van der Waals surface area contributed by atoms with Crippen LogP contribution in [0.25, 0.3) is 0 Å². The van der Waals surface area contributed by atoms with Crippen molar-refractivity contribution in [3.8, 4) is 0 Å². The van der Waals surface area contributed by atoms with Crippen molar-refractivity contribution in [1.29, 1.82) is 0 Å². The first-order valence-corrected chi connectivity index (χ1v) is 5.61. The van der Waals surface area contributed by atoms with Crippen molar-refractivity contribution in [3.05, 3.63) is 11.3 Å². The van der Waals surface area contributed by atoms with Gasteiger partial charge in [0.2, 0.25) is 0 Å². The monoisotopic (exact) mass is 191 g/mol. The summed E-state index contributed by atoms with van der Waals surface area (Å²) in [5.41, 5.74) is 8.96. The van der Waals surface area contributed by atoms with Gasteiger partial charge in [-0.25, -0.2) is 0 Å². The summed E-state index contributed by atoms with van der Waals surface area (Å²) in [7, 11) is 0. The quantitative estimate of drug-likeness (QED) is 0.767. The highest BCUT2D eigenvalue weighted by Gasteiger charge is 2.56. The van der Waals surface area contributed by atoms with E-state index in [9.17, 15) is 0 Å². The molecule has 3 nitrogen and oxygen atoms in total. The summed E-state index contributed by atoms with van der Waals surface area (Å²) in [4.78, 5) is 0. The van der Waals surface area contributed by atoms with Crippen LogP contribution in [0.1, 0.15) is 43.9 Å². The Hall–Kier alpha value is -0.990. The maximum absolute atomic E-state index is 5.85. The predicted molar refractivity (Wildman–Crippen MR) is 56.0 cm³/mol. The summed E-state index contributed by atoms with van der Waals surface area (Å²) in [6.45, 7) is 2.16. The van der Waals surface area contributed by atoms with Gasteiger partial charge in [0.1, 0.15) is 5.82 Å². The highest BCUT2D eigenvalue weighted by Crippen LogP contribution is 2.62. The van der Waals surface area contributed by atoms with Crippen molar-refractivity contribution in [1.82, 2.24) is 10.2 Å². The number of hydrogen-bond acceptors (Lipinski definition) is 2. The average Bonchev–Trinajstić information content (AvgIpc) is 3.02. The van der Waals surface area contributed by atoms with Crippen molar-refractivity contribution in [2.45, 2.75) is 44.4 Å². The first-order valence-electron chi connectivity index (χ1n) is 5.61. The molecule has 0 atom stereocenters. The number of aromatic nitrogens is 2. The highest BCUT2D eigenvalue weighted by molar-refractivity contribution is 5.47. The number of nitrogens with one attached hydrogen (secondary N) is 1. The zero-order valence-corrected chi connectivity index (χ0v) is 8.64. The Labute approximate surface area is 84.1 Å². The Morgan fingerprint density at radius 3 is 2.71 bits per heavy atom. The van der Waals surface area contributed by atoms with E-state index in [0.717, 1.165) is 18.2 Å². The molecule has 2 fully saturated rings. The van der Waals surface area contributed by atoms with E-state index in [1.54, 1.807) is 0 Å². The molecule has 0 bridgehead atoms. The molecular formula is C11H17N3. The summed E-state index contributed by atoms with van der Waals surface area (Å²) >= 11 is 0. The first kappa shape index (κ1) is 8.33. The Morgan fingerprint density at radius 1 is 1.50 bits per heavy atom. The van der Waals surface area contributed by atoms with E-state index < -0.39 is 0 Å². The van der Waals surface area contributed by atoms with Gasteiger partial charge in [-0.05, 0) is 38.0 Å². The van der Waals surface area contributed by atoms with Crippen LogP contribution in [0, 0.1) is 5.92 Å². The van der Waals surface area contributed by atoms with Gasteiger partial charge in [-0.15, -0.1) is 0 Å².